The van der Waals surface area contributed by atoms with Crippen molar-refractivity contribution >= 4 is 0 Å². The van der Waals surface area contributed by atoms with Gasteiger partial charge in [-0.2, -0.15) is 4.98 Å². The van der Waals surface area contributed by atoms with E-state index in [-0.39, 0.29) is 6.04 Å². The van der Waals surface area contributed by atoms with Gasteiger partial charge in [0.05, 0.1) is 12.1 Å². The van der Waals surface area contributed by atoms with Crippen LogP contribution in [0.1, 0.15) is 38.1 Å². The number of benzene rings is 1. The Labute approximate surface area is 131 Å². The van der Waals surface area contributed by atoms with Crippen LogP contribution in [-0.4, -0.2) is 38.3 Å². The molecule has 5 heteroatoms. The summed E-state index contributed by atoms with van der Waals surface area (Å²) in [4.78, 5) is 6.72. The number of hydrogen-bond acceptors (Lipinski definition) is 5. The summed E-state index contributed by atoms with van der Waals surface area (Å²) in [6.07, 6.45) is 2.09. The van der Waals surface area contributed by atoms with Crippen LogP contribution >= 0.6 is 0 Å². The van der Waals surface area contributed by atoms with Gasteiger partial charge in [-0.3, -0.25) is 4.90 Å². The highest BCUT2D eigenvalue weighted by molar-refractivity contribution is 5.54. The normalized spacial score (nSPS) is 19.7. The van der Waals surface area contributed by atoms with E-state index in [2.05, 4.69) is 22.0 Å². The Kier molecular flexibility index (Phi) is 4.02. The van der Waals surface area contributed by atoms with E-state index in [9.17, 15) is 5.11 Å². The third-order valence-corrected chi connectivity index (χ3v) is 4.30. The van der Waals surface area contributed by atoms with E-state index < -0.39 is 5.60 Å². The molecular formula is C17H23N3O2. The molecule has 1 aromatic heterocycles. The molecule has 1 unspecified atom stereocenters. The lowest BCUT2D eigenvalue weighted by Crippen LogP contribution is -2.45. The van der Waals surface area contributed by atoms with E-state index in [4.69, 9.17) is 4.52 Å². The smallest absolute Gasteiger partial charge is 0.241 e. The molecule has 0 radical (unpaired) electrons. The van der Waals surface area contributed by atoms with E-state index in [0.29, 0.717) is 18.3 Å². The summed E-state index contributed by atoms with van der Waals surface area (Å²) in [6.45, 7) is 7.32. The Bertz CT molecular complexity index is 628. The van der Waals surface area contributed by atoms with Crippen LogP contribution in [0, 0.1) is 6.92 Å². The average Bonchev–Trinajstić information content (AvgIpc) is 3.09. The number of aliphatic hydroxyl groups is 1. The standard InChI is InChI=1S/C17H23N3O2/c1-12-6-8-13(9-7-12)16-18-15(22-19-16)11-20-10-4-5-14(20)17(2,3)21/h6-9,14,21H,4-5,10-11H2,1-3H3. The molecular weight excluding hydrogens is 278 g/mol. The van der Waals surface area contributed by atoms with Crippen molar-refractivity contribution in [2.24, 2.45) is 0 Å². The van der Waals surface area contributed by atoms with E-state index in [0.717, 1.165) is 24.9 Å². The second kappa shape index (κ2) is 5.82. The Morgan fingerprint density at radius 1 is 1.32 bits per heavy atom. The van der Waals surface area contributed by atoms with Crippen LogP contribution in [0.15, 0.2) is 28.8 Å². The highest BCUT2D eigenvalue weighted by Crippen LogP contribution is 2.28. The summed E-state index contributed by atoms with van der Waals surface area (Å²) in [5.74, 6) is 1.22. The third kappa shape index (κ3) is 3.20. The maximum absolute atomic E-state index is 10.3. The SMILES string of the molecule is Cc1ccc(-c2noc(CN3CCCC3C(C)(C)O)n2)cc1. The largest absolute Gasteiger partial charge is 0.389 e. The molecule has 3 rings (SSSR count). The van der Waals surface area contributed by atoms with Crippen molar-refractivity contribution in [3.63, 3.8) is 0 Å². The average molecular weight is 301 g/mol. The minimum Gasteiger partial charge on any atom is -0.389 e. The predicted octanol–water partition coefficient (Wildman–Crippen LogP) is 2.78. The number of likely N-dealkylation sites (tertiary alicyclic amines) is 1. The molecule has 2 aromatic rings. The molecule has 0 saturated carbocycles. The minimum absolute atomic E-state index is 0.141. The van der Waals surface area contributed by atoms with E-state index in [1.165, 1.54) is 5.56 Å². The van der Waals surface area contributed by atoms with Crippen LogP contribution in [0.3, 0.4) is 0 Å². The number of aryl methyl sites for hydroxylation is 1. The molecule has 1 atom stereocenters. The van der Waals surface area contributed by atoms with Gasteiger partial charge >= 0.3 is 0 Å². The van der Waals surface area contributed by atoms with Gasteiger partial charge in [0.2, 0.25) is 11.7 Å². The molecule has 1 aromatic carbocycles. The van der Waals surface area contributed by atoms with Crippen LogP contribution in [0.25, 0.3) is 11.4 Å². The molecule has 2 heterocycles. The predicted molar refractivity (Wildman–Crippen MR) is 84.2 cm³/mol. The van der Waals surface area contributed by atoms with Crippen molar-refractivity contribution in [1.29, 1.82) is 0 Å². The Morgan fingerprint density at radius 3 is 2.73 bits per heavy atom. The maximum atomic E-state index is 10.3. The summed E-state index contributed by atoms with van der Waals surface area (Å²) in [6, 6.07) is 8.22. The number of hydrogen-bond donors (Lipinski definition) is 1. The van der Waals surface area contributed by atoms with E-state index in [1.807, 2.05) is 38.1 Å². The lowest BCUT2D eigenvalue weighted by atomic mass is 9.97. The molecule has 5 nitrogen and oxygen atoms in total. The summed E-state index contributed by atoms with van der Waals surface area (Å²) in [5.41, 5.74) is 1.45. The Balaban J connectivity index is 1.73. The van der Waals surface area contributed by atoms with E-state index in [1.54, 1.807) is 0 Å². The summed E-state index contributed by atoms with van der Waals surface area (Å²) >= 11 is 0. The van der Waals surface area contributed by atoms with Crippen LogP contribution in [0.4, 0.5) is 0 Å². The lowest BCUT2D eigenvalue weighted by Gasteiger charge is -2.32. The zero-order valence-corrected chi connectivity index (χ0v) is 13.4. The van der Waals surface area contributed by atoms with Gasteiger partial charge in [-0.05, 0) is 40.2 Å². The van der Waals surface area contributed by atoms with Gasteiger partial charge in [-0.25, -0.2) is 0 Å². The lowest BCUT2D eigenvalue weighted by molar-refractivity contribution is -0.00774. The van der Waals surface area contributed by atoms with Crippen LogP contribution in [0.2, 0.25) is 0 Å². The number of rotatable bonds is 4. The fourth-order valence-corrected chi connectivity index (χ4v) is 3.13. The van der Waals surface area contributed by atoms with Crippen molar-refractivity contribution < 1.29 is 9.63 Å². The van der Waals surface area contributed by atoms with Gasteiger partial charge in [0.1, 0.15) is 0 Å². The van der Waals surface area contributed by atoms with Crippen molar-refractivity contribution in [2.75, 3.05) is 6.54 Å². The van der Waals surface area contributed by atoms with Crippen LogP contribution in [0.5, 0.6) is 0 Å². The van der Waals surface area contributed by atoms with Gasteiger partial charge in [-0.1, -0.05) is 35.0 Å². The maximum Gasteiger partial charge on any atom is 0.241 e. The Morgan fingerprint density at radius 2 is 2.05 bits per heavy atom. The fourth-order valence-electron chi connectivity index (χ4n) is 3.13. The first-order valence-corrected chi connectivity index (χ1v) is 7.79. The van der Waals surface area contributed by atoms with Crippen LogP contribution < -0.4 is 0 Å². The van der Waals surface area contributed by atoms with Crippen molar-refractivity contribution in [3.05, 3.63) is 35.7 Å². The zero-order chi connectivity index (χ0) is 15.7. The molecule has 0 bridgehead atoms. The molecule has 0 amide bonds. The zero-order valence-electron chi connectivity index (χ0n) is 13.4. The second-order valence-electron chi connectivity index (χ2n) is 6.66. The summed E-state index contributed by atoms with van der Waals surface area (Å²) in [7, 11) is 0. The molecule has 1 fully saturated rings. The summed E-state index contributed by atoms with van der Waals surface area (Å²) < 4.78 is 5.39. The summed E-state index contributed by atoms with van der Waals surface area (Å²) in [5, 5.41) is 14.3. The van der Waals surface area contributed by atoms with Gasteiger partial charge < -0.3 is 9.63 Å². The van der Waals surface area contributed by atoms with Crippen molar-refractivity contribution in [2.45, 2.75) is 51.8 Å². The highest BCUT2D eigenvalue weighted by atomic mass is 16.5. The molecule has 1 saturated heterocycles. The van der Waals surface area contributed by atoms with Gasteiger partial charge in [-0.15, -0.1) is 0 Å². The van der Waals surface area contributed by atoms with Gasteiger partial charge in [0.15, 0.2) is 0 Å². The molecule has 118 valence electrons. The van der Waals surface area contributed by atoms with Gasteiger partial charge in [0.25, 0.3) is 0 Å². The molecule has 0 aliphatic carbocycles. The molecule has 0 spiro atoms. The van der Waals surface area contributed by atoms with Crippen molar-refractivity contribution in [1.82, 2.24) is 15.0 Å². The number of nitrogens with zero attached hydrogens (tertiary/aromatic N) is 3. The topological polar surface area (TPSA) is 62.4 Å². The minimum atomic E-state index is -0.712. The first-order valence-electron chi connectivity index (χ1n) is 7.79. The quantitative estimate of drug-likeness (QED) is 0.941. The first-order chi connectivity index (χ1) is 10.4. The number of aromatic nitrogens is 2. The monoisotopic (exact) mass is 301 g/mol. The van der Waals surface area contributed by atoms with Crippen LogP contribution in [-0.2, 0) is 6.54 Å². The molecule has 1 aliphatic rings. The molecule has 1 N–H and O–H groups in total. The highest BCUT2D eigenvalue weighted by Gasteiger charge is 2.36. The third-order valence-electron chi connectivity index (χ3n) is 4.30. The van der Waals surface area contributed by atoms with E-state index >= 15 is 0 Å². The fraction of sp³-hybridized carbons (Fsp3) is 0.529. The Hall–Kier alpha value is -1.72. The second-order valence-corrected chi connectivity index (χ2v) is 6.66. The first kappa shape index (κ1) is 15.2. The van der Waals surface area contributed by atoms with Crippen molar-refractivity contribution in [3.8, 4) is 11.4 Å². The molecule has 22 heavy (non-hydrogen) atoms. The van der Waals surface area contributed by atoms with Gasteiger partial charge in [0, 0.05) is 11.6 Å². The molecule has 1 aliphatic heterocycles.